The first-order valence-electron chi connectivity index (χ1n) is 12.9. The van der Waals surface area contributed by atoms with Gasteiger partial charge in [0.1, 0.15) is 17.9 Å². The molecule has 2 aromatic heterocycles. The zero-order valence-electron chi connectivity index (χ0n) is 21.4. The number of aromatic nitrogens is 3. The Labute approximate surface area is 224 Å². The molecule has 0 bridgehead atoms. The van der Waals surface area contributed by atoms with Crippen molar-refractivity contribution < 1.29 is 27.8 Å². The smallest absolute Gasteiger partial charge is 0.434 e. The van der Waals surface area contributed by atoms with Gasteiger partial charge in [0.15, 0.2) is 11.5 Å². The molecule has 1 saturated carbocycles. The highest BCUT2D eigenvalue weighted by atomic mass is 19.4. The molecule has 2 aromatic carbocycles. The van der Waals surface area contributed by atoms with Crippen molar-refractivity contribution in [3.05, 3.63) is 94.8 Å². The van der Waals surface area contributed by atoms with Crippen molar-refractivity contribution in [3.63, 3.8) is 0 Å². The van der Waals surface area contributed by atoms with Crippen LogP contribution in [0.2, 0.25) is 0 Å². The second-order valence-corrected chi connectivity index (χ2v) is 9.87. The van der Waals surface area contributed by atoms with Crippen molar-refractivity contribution in [1.29, 1.82) is 0 Å². The Kier molecular flexibility index (Phi) is 7.41. The SMILES string of the molecule is Cc1ccc(OCc2ccc(C3CCCCC3)cc2)c(-c2cccc(-n3ncc(C(=O)O)c3C(F)(F)F)n2)c1. The number of aromatic carboxylic acids is 1. The van der Waals surface area contributed by atoms with Crippen molar-refractivity contribution in [3.8, 4) is 22.8 Å². The average Bonchev–Trinajstić information content (AvgIpc) is 3.40. The number of rotatable bonds is 7. The quantitative estimate of drug-likeness (QED) is 0.264. The number of nitrogens with zero attached hydrogens (tertiary/aromatic N) is 3. The first kappa shape index (κ1) is 26.5. The van der Waals surface area contributed by atoms with Gasteiger partial charge in [0.2, 0.25) is 0 Å². The van der Waals surface area contributed by atoms with E-state index in [4.69, 9.17) is 4.74 Å². The molecular weight excluding hydrogens is 507 g/mol. The van der Waals surface area contributed by atoms with Crippen molar-refractivity contribution >= 4 is 5.97 Å². The summed E-state index contributed by atoms with van der Waals surface area (Å²) in [4.78, 5) is 15.8. The molecule has 9 heteroatoms. The lowest BCUT2D eigenvalue weighted by molar-refractivity contribution is -0.143. The van der Waals surface area contributed by atoms with Crippen LogP contribution in [-0.2, 0) is 12.8 Å². The van der Waals surface area contributed by atoms with Gasteiger partial charge >= 0.3 is 12.1 Å². The van der Waals surface area contributed by atoms with Crippen LogP contribution in [0.4, 0.5) is 13.2 Å². The predicted octanol–water partition coefficient (Wildman–Crippen LogP) is 7.59. The summed E-state index contributed by atoms with van der Waals surface area (Å²) in [5.41, 5.74) is 1.94. The molecule has 5 rings (SSSR count). The largest absolute Gasteiger partial charge is 0.488 e. The van der Waals surface area contributed by atoms with Crippen molar-refractivity contribution in [2.75, 3.05) is 0 Å². The average molecular weight is 536 g/mol. The van der Waals surface area contributed by atoms with E-state index in [0.29, 0.717) is 40.4 Å². The highest BCUT2D eigenvalue weighted by Gasteiger charge is 2.41. The van der Waals surface area contributed by atoms with Crippen LogP contribution in [-0.4, -0.2) is 25.8 Å². The van der Waals surface area contributed by atoms with Gasteiger partial charge in [-0.1, -0.05) is 61.2 Å². The van der Waals surface area contributed by atoms with Crippen molar-refractivity contribution in [2.45, 2.75) is 57.7 Å². The van der Waals surface area contributed by atoms with Crippen LogP contribution < -0.4 is 4.74 Å². The van der Waals surface area contributed by atoms with Crippen LogP contribution >= 0.6 is 0 Å². The topological polar surface area (TPSA) is 77.2 Å². The van der Waals surface area contributed by atoms with E-state index in [1.54, 1.807) is 12.1 Å². The van der Waals surface area contributed by atoms with E-state index in [1.165, 1.54) is 43.7 Å². The number of ether oxygens (including phenoxy) is 1. The van der Waals surface area contributed by atoms with Crippen LogP contribution in [0.3, 0.4) is 0 Å². The monoisotopic (exact) mass is 535 g/mol. The maximum atomic E-state index is 13.7. The van der Waals surface area contributed by atoms with E-state index in [0.717, 1.165) is 11.1 Å². The molecule has 0 unspecified atom stereocenters. The number of hydrogen-bond acceptors (Lipinski definition) is 4. The number of carbonyl (C=O) groups is 1. The van der Waals surface area contributed by atoms with Gasteiger partial charge < -0.3 is 9.84 Å². The lowest BCUT2D eigenvalue weighted by atomic mass is 9.84. The fourth-order valence-corrected chi connectivity index (χ4v) is 5.10. The van der Waals surface area contributed by atoms with E-state index in [1.807, 2.05) is 25.1 Å². The molecule has 0 amide bonds. The summed E-state index contributed by atoms with van der Waals surface area (Å²) in [6.07, 6.45) is 2.07. The van der Waals surface area contributed by atoms with Gasteiger partial charge in [0.05, 0.1) is 11.9 Å². The minimum Gasteiger partial charge on any atom is -0.488 e. The standard InChI is InChI=1S/C30H28F3N3O3/c1-19-10-15-26(39-18-20-11-13-22(14-12-20)21-6-3-2-4-7-21)23(16-19)25-8-5-9-27(35-25)36-28(30(31,32)33)24(17-34-36)29(37)38/h5,8-17,21H,2-4,6-7,18H2,1H3,(H,37,38). The molecule has 1 aliphatic carbocycles. The van der Waals surface area contributed by atoms with Crippen LogP contribution in [0, 0.1) is 6.92 Å². The number of carboxylic acids is 1. The number of hydrogen-bond donors (Lipinski definition) is 1. The molecule has 0 aliphatic heterocycles. The van der Waals surface area contributed by atoms with E-state index < -0.39 is 23.4 Å². The maximum Gasteiger partial charge on any atom is 0.434 e. The molecule has 0 atom stereocenters. The number of benzene rings is 2. The molecule has 39 heavy (non-hydrogen) atoms. The first-order valence-corrected chi connectivity index (χ1v) is 12.9. The summed E-state index contributed by atoms with van der Waals surface area (Å²) < 4.78 is 47.9. The second-order valence-electron chi connectivity index (χ2n) is 9.87. The molecule has 1 aliphatic rings. The molecule has 202 valence electrons. The third-order valence-corrected chi connectivity index (χ3v) is 7.08. The third-order valence-electron chi connectivity index (χ3n) is 7.08. The molecule has 4 aromatic rings. The second kappa shape index (κ2) is 10.9. The summed E-state index contributed by atoms with van der Waals surface area (Å²) in [5.74, 6) is -0.719. The molecular formula is C30H28F3N3O3. The Balaban J connectivity index is 1.41. The molecule has 1 N–H and O–H groups in total. The minimum atomic E-state index is -4.94. The van der Waals surface area contributed by atoms with Crippen LogP contribution in [0.15, 0.2) is 66.9 Å². The Bertz CT molecular complexity index is 1470. The van der Waals surface area contributed by atoms with E-state index >= 15 is 0 Å². The third kappa shape index (κ3) is 5.82. The minimum absolute atomic E-state index is 0.155. The fourth-order valence-electron chi connectivity index (χ4n) is 5.10. The lowest BCUT2D eigenvalue weighted by Crippen LogP contribution is -2.18. The maximum absolute atomic E-state index is 13.7. The predicted molar refractivity (Wildman–Crippen MR) is 140 cm³/mol. The van der Waals surface area contributed by atoms with E-state index in [-0.39, 0.29) is 5.82 Å². The highest BCUT2D eigenvalue weighted by molar-refractivity contribution is 5.89. The van der Waals surface area contributed by atoms with Crippen LogP contribution in [0.25, 0.3) is 17.1 Å². The normalized spacial score (nSPS) is 14.4. The van der Waals surface area contributed by atoms with Gasteiger partial charge in [-0.05, 0) is 61.1 Å². The molecule has 6 nitrogen and oxygen atoms in total. The van der Waals surface area contributed by atoms with E-state index in [9.17, 15) is 23.1 Å². The summed E-state index contributed by atoms with van der Waals surface area (Å²) in [7, 11) is 0. The Morgan fingerprint density at radius 3 is 2.49 bits per heavy atom. The number of pyridine rings is 1. The Morgan fingerprint density at radius 1 is 1.05 bits per heavy atom. The van der Waals surface area contributed by atoms with E-state index in [2.05, 4.69) is 34.3 Å². The number of halogens is 3. The number of alkyl halides is 3. The molecule has 1 fully saturated rings. The zero-order chi connectivity index (χ0) is 27.6. The van der Waals surface area contributed by atoms with Crippen LogP contribution in [0.5, 0.6) is 5.75 Å². The van der Waals surface area contributed by atoms with Crippen molar-refractivity contribution in [2.24, 2.45) is 0 Å². The van der Waals surface area contributed by atoms with Crippen LogP contribution in [0.1, 0.15) is 70.8 Å². The molecule has 0 radical (unpaired) electrons. The number of carboxylic acid groups (broad SMARTS) is 1. The van der Waals surface area contributed by atoms with Gasteiger partial charge in [-0.3, -0.25) is 0 Å². The van der Waals surface area contributed by atoms with Crippen molar-refractivity contribution in [1.82, 2.24) is 14.8 Å². The lowest BCUT2D eigenvalue weighted by Gasteiger charge is -2.22. The molecule has 2 heterocycles. The first-order chi connectivity index (χ1) is 18.7. The number of aryl methyl sites for hydroxylation is 1. The Hall–Kier alpha value is -4.14. The zero-order valence-corrected chi connectivity index (χ0v) is 21.4. The summed E-state index contributed by atoms with van der Waals surface area (Å²) in [5, 5.41) is 12.9. The fraction of sp³-hybridized carbons (Fsp3) is 0.300. The summed E-state index contributed by atoms with van der Waals surface area (Å²) in [6, 6.07) is 18.6. The molecule has 0 spiro atoms. The Morgan fingerprint density at radius 2 is 1.79 bits per heavy atom. The van der Waals surface area contributed by atoms with Gasteiger partial charge in [-0.15, -0.1) is 0 Å². The van der Waals surface area contributed by atoms with Gasteiger partial charge in [0, 0.05) is 5.56 Å². The molecule has 0 saturated heterocycles. The summed E-state index contributed by atoms with van der Waals surface area (Å²) in [6.45, 7) is 2.22. The van der Waals surface area contributed by atoms with Gasteiger partial charge in [-0.25, -0.2) is 14.5 Å². The highest BCUT2D eigenvalue weighted by Crippen LogP contribution is 2.36. The van der Waals surface area contributed by atoms with Gasteiger partial charge in [-0.2, -0.15) is 18.3 Å². The summed E-state index contributed by atoms with van der Waals surface area (Å²) >= 11 is 0. The van der Waals surface area contributed by atoms with Gasteiger partial charge in [0.25, 0.3) is 0 Å².